The number of hydrogen-bond acceptors (Lipinski definition) is 2. The number of fused-ring (bicyclic) bond motifs is 1. The Morgan fingerprint density at radius 1 is 1.19 bits per heavy atom. The van der Waals surface area contributed by atoms with Crippen molar-refractivity contribution in [1.82, 2.24) is 0 Å². The maximum Gasteiger partial charge on any atom is 0.417 e. The van der Waals surface area contributed by atoms with E-state index in [0.29, 0.717) is 6.42 Å². The highest BCUT2D eigenvalue weighted by Crippen LogP contribution is 2.39. The SMILES string of the molecule is O=C(c1ccccc1C(F)(F)F)C1CCCc2sccc21. The first-order valence-corrected chi connectivity index (χ1v) is 7.63. The molecule has 1 aromatic carbocycles. The van der Waals surface area contributed by atoms with Crippen LogP contribution >= 0.6 is 11.3 Å². The van der Waals surface area contributed by atoms with Crippen LogP contribution in [0.3, 0.4) is 0 Å². The van der Waals surface area contributed by atoms with E-state index in [0.717, 1.165) is 29.3 Å². The summed E-state index contributed by atoms with van der Waals surface area (Å²) in [5.74, 6) is -0.856. The third-order valence-electron chi connectivity index (χ3n) is 3.87. The molecule has 21 heavy (non-hydrogen) atoms. The molecule has 1 heterocycles. The molecule has 1 unspecified atom stereocenters. The average Bonchev–Trinajstić information content (AvgIpc) is 2.94. The molecule has 1 atom stereocenters. The third-order valence-corrected chi connectivity index (χ3v) is 4.86. The Balaban J connectivity index is 2.02. The normalized spacial score (nSPS) is 18.3. The minimum Gasteiger partial charge on any atom is -0.293 e. The van der Waals surface area contributed by atoms with Crippen LogP contribution in [0.2, 0.25) is 0 Å². The summed E-state index contributed by atoms with van der Waals surface area (Å²) < 4.78 is 39.2. The molecule has 0 spiro atoms. The number of benzene rings is 1. The van der Waals surface area contributed by atoms with Gasteiger partial charge >= 0.3 is 6.18 Å². The molecule has 0 N–H and O–H groups in total. The van der Waals surface area contributed by atoms with Crippen molar-refractivity contribution in [2.24, 2.45) is 0 Å². The fourth-order valence-corrected chi connectivity index (χ4v) is 3.88. The molecule has 1 aliphatic rings. The highest BCUT2D eigenvalue weighted by molar-refractivity contribution is 7.10. The summed E-state index contributed by atoms with van der Waals surface area (Å²) in [6.45, 7) is 0. The van der Waals surface area contributed by atoms with Gasteiger partial charge in [0, 0.05) is 16.4 Å². The van der Waals surface area contributed by atoms with Gasteiger partial charge in [-0.25, -0.2) is 0 Å². The quantitative estimate of drug-likeness (QED) is 0.708. The van der Waals surface area contributed by atoms with E-state index in [2.05, 4.69) is 0 Å². The minimum absolute atomic E-state index is 0.214. The van der Waals surface area contributed by atoms with Crippen molar-refractivity contribution in [3.8, 4) is 0 Å². The van der Waals surface area contributed by atoms with E-state index in [1.807, 2.05) is 11.4 Å². The van der Waals surface area contributed by atoms with Crippen molar-refractivity contribution in [1.29, 1.82) is 0 Å². The van der Waals surface area contributed by atoms with Crippen LogP contribution in [0.5, 0.6) is 0 Å². The van der Waals surface area contributed by atoms with Crippen molar-refractivity contribution < 1.29 is 18.0 Å². The van der Waals surface area contributed by atoms with Gasteiger partial charge in [-0.15, -0.1) is 11.3 Å². The summed E-state index contributed by atoms with van der Waals surface area (Å²) in [5.41, 5.74) is -0.139. The molecule has 0 amide bonds. The zero-order chi connectivity index (χ0) is 15.0. The molecule has 1 aliphatic carbocycles. The zero-order valence-electron chi connectivity index (χ0n) is 11.1. The Hall–Kier alpha value is -1.62. The number of carbonyl (C=O) groups excluding carboxylic acids is 1. The summed E-state index contributed by atoms with van der Waals surface area (Å²) in [6.07, 6.45) is -2.12. The van der Waals surface area contributed by atoms with Crippen molar-refractivity contribution >= 4 is 17.1 Å². The monoisotopic (exact) mass is 310 g/mol. The highest BCUT2D eigenvalue weighted by atomic mass is 32.1. The maximum absolute atomic E-state index is 13.1. The Bertz CT molecular complexity index is 672. The molecule has 2 aromatic rings. The fraction of sp³-hybridized carbons (Fsp3) is 0.312. The number of alkyl halides is 3. The molecule has 1 nitrogen and oxygen atoms in total. The molecular formula is C16H13F3OS. The molecule has 0 saturated heterocycles. The van der Waals surface area contributed by atoms with Gasteiger partial charge in [0.15, 0.2) is 5.78 Å². The number of halogens is 3. The van der Waals surface area contributed by atoms with Crippen LogP contribution in [0.1, 0.15) is 45.1 Å². The topological polar surface area (TPSA) is 17.1 Å². The lowest BCUT2D eigenvalue weighted by Crippen LogP contribution is -2.21. The minimum atomic E-state index is -4.50. The zero-order valence-corrected chi connectivity index (χ0v) is 11.9. The van der Waals surface area contributed by atoms with Gasteiger partial charge in [-0.1, -0.05) is 18.2 Å². The van der Waals surface area contributed by atoms with Crippen LogP contribution in [-0.2, 0) is 12.6 Å². The van der Waals surface area contributed by atoms with Gasteiger partial charge in [-0.05, 0) is 42.3 Å². The lowest BCUT2D eigenvalue weighted by atomic mass is 9.81. The summed E-state index contributed by atoms with van der Waals surface area (Å²) >= 11 is 1.58. The molecule has 110 valence electrons. The number of aryl methyl sites for hydroxylation is 1. The van der Waals surface area contributed by atoms with E-state index in [1.54, 1.807) is 11.3 Å². The van der Waals surface area contributed by atoms with E-state index in [4.69, 9.17) is 0 Å². The van der Waals surface area contributed by atoms with Crippen molar-refractivity contribution in [3.05, 3.63) is 57.3 Å². The summed E-state index contributed by atoms with van der Waals surface area (Å²) in [5, 5.41) is 1.91. The molecule has 0 bridgehead atoms. The van der Waals surface area contributed by atoms with E-state index < -0.39 is 23.4 Å². The Kier molecular flexibility index (Phi) is 3.61. The first kappa shape index (κ1) is 14.3. The van der Waals surface area contributed by atoms with Crippen LogP contribution in [-0.4, -0.2) is 5.78 Å². The van der Waals surface area contributed by atoms with E-state index in [9.17, 15) is 18.0 Å². The number of rotatable bonds is 2. The number of Topliss-reactive ketones (excluding diaryl/α,β-unsaturated/α-hetero) is 1. The molecule has 1 aromatic heterocycles. The standard InChI is InChI=1S/C16H13F3OS/c17-16(18,19)13-6-2-1-4-12(13)15(20)11-5-3-7-14-10(11)8-9-21-14/h1-2,4,6,8-9,11H,3,5,7H2. The number of ketones is 1. The highest BCUT2D eigenvalue weighted by Gasteiger charge is 2.37. The maximum atomic E-state index is 13.1. The number of carbonyl (C=O) groups is 1. The summed E-state index contributed by atoms with van der Waals surface area (Å²) in [7, 11) is 0. The van der Waals surface area contributed by atoms with E-state index >= 15 is 0 Å². The second kappa shape index (κ2) is 5.30. The van der Waals surface area contributed by atoms with Gasteiger partial charge in [-0.2, -0.15) is 13.2 Å². The average molecular weight is 310 g/mol. The Morgan fingerprint density at radius 3 is 2.71 bits per heavy atom. The van der Waals surface area contributed by atoms with Crippen LogP contribution in [0.15, 0.2) is 35.7 Å². The molecule has 3 rings (SSSR count). The molecule has 0 radical (unpaired) electrons. The van der Waals surface area contributed by atoms with Gasteiger partial charge in [0.05, 0.1) is 5.56 Å². The third kappa shape index (κ3) is 2.62. The molecule has 0 aliphatic heterocycles. The predicted molar refractivity (Wildman–Crippen MR) is 75.8 cm³/mol. The second-order valence-corrected chi connectivity index (χ2v) is 6.15. The summed E-state index contributed by atoms with van der Waals surface area (Å²) in [6, 6.07) is 6.94. The Labute approximate surface area is 124 Å². The van der Waals surface area contributed by atoms with E-state index in [1.165, 1.54) is 18.2 Å². The van der Waals surface area contributed by atoms with Crippen LogP contribution in [0.25, 0.3) is 0 Å². The van der Waals surface area contributed by atoms with Crippen molar-refractivity contribution in [3.63, 3.8) is 0 Å². The van der Waals surface area contributed by atoms with Gasteiger partial charge in [-0.3, -0.25) is 4.79 Å². The fourth-order valence-electron chi connectivity index (χ4n) is 2.89. The van der Waals surface area contributed by atoms with Crippen LogP contribution in [0.4, 0.5) is 13.2 Å². The molecule has 5 heteroatoms. The van der Waals surface area contributed by atoms with Gasteiger partial charge in [0.1, 0.15) is 0 Å². The van der Waals surface area contributed by atoms with Gasteiger partial charge < -0.3 is 0 Å². The smallest absolute Gasteiger partial charge is 0.293 e. The van der Waals surface area contributed by atoms with Gasteiger partial charge in [0.25, 0.3) is 0 Å². The lowest BCUT2D eigenvalue weighted by molar-refractivity contribution is -0.137. The predicted octanol–water partition coefficient (Wildman–Crippen LogP) is 5.07. The first-order valence-electron chi connectivity index (χ1n) is 6.75. The van der Waals surface area contributed by atoms with Crippen LogP contribution in [0, 0.1) is 0 Å². The first-order chi connectivity index (χ1) is 9.98. The van der Waals surface area contributed by atoms with Crippen LogP contribution < -0.4 is 0 Å². The number of hydrogen-bond donors (Lipinski definition) is 0. The molecule has 0 fully saturated rings. The molecular weight excluding hydrogens is 297 g/mol. The van der Waals surface area contributed by atoms with Crippen molar-refractivity contribution in [2.75, 3.05) is 0 Å². The largest absolute Gasteiger partial charge is 0.417 e. The molecule has 0 saturated carbocycles. The lowest BCUT2D eigenvalue weighted by Gasteiger charge is -2.23. The van der Waals surface area contributed by atoms with E-state index in [-0.39, 0.29) is 5.56 Å². The van der Waals surface area contributed by atoms with Gasteiger partial charge in [0.2, 0.25) is 0 Å². The summed E-state index contributed by atoms with van der Waals surface area (Å²) in [4.78, 5) is 13.8. The van der Waals surface area contributed by atoms with Crippen molar-refractivity contribution in [2.45, 2.75) is 31.4 Å². The Morgan fingerprint density at radius 2 is 1.95 bits per heavy atom. The second-order valence-electron chi connectivity index (χ2n) is 5.15. The number of thiophene rings is 1.